The van der Waals surface area contributed by atoms with Crippen molar-refractivity contribution in [3.8, 4) is 0 Å². The number of hydrogen-bond donors (Lipinski definition) is 1. The Bertz CT molecular complexity index is 318. The molecule has 0 spiro atoms. The maximum atomic E-state index is 3.47. The van der Waals surface area contributed by atoms with Crippen LogP contribution in [0.4, 0.5) is 0 Å². The second-order valence-corrected chi connectivity index (χ2v) is 6.00. The molecule has 1 aromatic rings. The minimum absolute atomic E-state index is 0.559. The lowest BCUT2D eigenvalue weighted by molar-refractivity contribution is 0.345. The van der Waals surface area contributed by atoms with E-state index in [9.17, 15) is 0 Å². The summed E-state index contributed by atoms with van der Waals surface area (Å²) in [5.74, 6) is 0. The van der Waals surface area contributed by atoms with E-state index >= 15 is 0 Å². The Balaban J connectivity index is 2.59. The summed E-state index contributed by atoms with van der Waals surface area (Å²) in [6.45, 7) is 12.0. The first-order valence-corrected chi connectivity index (χ1v) is 6.84. The Kier molecular flexibility index (Phi) is 5.46. The Labute approximate surface area is 104 Å². The summed E-state index contributed by atoms with van der Waals surface area (Å²) >= 11 is 1.92. The summed E-state index contributed by atoms with van der Waals surface area (Å²) in [7, 11) is 2.17. The monoisotopic (exact) mass is 240 g/mol. The molecule has 0 unspecified atom stereocenters. The van der Waals surface area contributed by atoms with Crippen molar-refractivity contribution < 1.29 is 0 Å². The molecule has 0 atom stereocenters. The van der Waals surface area contributed by atoms with E-state index in [0.29, 0.717) is 6.04 Å². The van der Waals surface area contributed by atoms with Crippen LogP contribution in [-0.4, -0.2) is 24.5 Å². The van der Waals surface area contributed by atoms with E-state index in [1.807, 2.05) is 11.3 Å². The fourth-order valence-electron chi connectivity index (χ4n) is 1.54. The van der Waals surface area contributed by atoms with Gasteiger partial charge in [-0.1, -0.05) is 20.8 Å². The Morgan fingerprint density at radius 3 is 2.69 bits per heavy atom. The van der Waals surface area contributed by atoms with E-state index in [1.165, 1.54) is 15.3 Å². The van der Waals surface area contributed by atoms with Gasteiger partial charge in [0.15, 0.2) is 0 Å². The van der Waals surface area contributed by atoms with Crippen molar-refractivity contribution >= 4 is 11.3 Å². The van der Waals surface area contributed by atoms with Gasteiger partial charge in [0.1, 0.15) is 0 Å². The van der Waals surface area contributed by atoms with Gasteiger partial charge >= 0.3 is 0 Å². The fraction of sp³-hybridized carbons (Fsp3) is 0.692. The Morgan fingerprint density at radius 1 is 1.44 bits per heavy atom. The smallest absolute Gasteiger partial charge is 0.0302 e. The average Bonchev–Trinajstić information content (AvgIpc) is 2.56. The lowest BCUT2D eigenvalue weighted by atomic mass is 10.2. The van der Waals surface area contributed by atoms with Gasteiger partial charge in [-0.25, -0.2) is 0 Å². The largest absolute Gasteiger partial charge is 0.310 e. The summed E-state index contributed by atoms with van der Waals surface area (Å²) in [5, 5.41) is 3.47. The molecule has 92 valence electrons. The van der Waals surface area contributed by atoms with Crippen LogP contribution in [0.25, 0.3) is 0 Å². The topological polar surface area (TPSA) is 15.3 Å². The number of rotatable bonds is 6. The standard InChI is InChI=1S/C13H24N2S/c1-6-15(5)9-12-7-13(16-11(12)4)8-14-10(2)3/h7,10,14H,6,8-9H2,1-5H3. The highest BCUT2D eigenvalue weighted by atomic mass is 32.1. The van der Waals surface area contributed by atoms with Gasteiger partial charge < -0.3 is 10.2 Å². The molecule has 1 aromatic heterocycles. The molecular weight excluding hydrogens is 216 g/mol. The van der Waals surface area contributed by atoms with Gasteiger partial charge in [0.25, 0.3) is 0 Å². The molecule has 0 aliphatic rings. The van der Waals surface area contributed by atoms with Crippen LogP contribution in [0.5, 0.6) is 0 Å². The van der Waals surface area contributed by atoms with Gasteiger partial charge in [-0.15, -0.1) is 11.3 Å². The average molecular weight is 240 g/mol. The molecule has 0 aliphatic heterocycles. The van der Waals surface area contributed by atoms with Crippen molar-refractivity contribution in [1.29, 1.82) is 0 Å². The predicted molar refractivity (Wildman–Crippen MR) is 73.0 cm³/mol. The van der Waals surface area contributed by atoms with Crippen molar-refractivity contribution in [3.05, 3.63) is 21.4 Å². The van der Waals surface area contributed by atoms with Crippen molar-refractivity contribution in [2.75, 3.05) is 13.6 Å². The van der Waals surface area contributed by atoms with Crippen LogP contribution < -0.4 is 5.32 Å². The molecule has 0 saturated carbocycles. The maximum Gasteiger partial charge on any atom is 0.0302 e. The quantitative estimate of drug-likeness (QED) is 0.822. The van der Waals surface area contributed by atoms with Gasteiger partial charge in [0, 0.05) is 28.9 Å². The first kappa shape index (κ1) is 13.7. The second kappa shape index (κ2) is 6.38. The van der Waals surface area contributed by atoms with Gasteiger partial charge in [0.2, 0.25) is 0 Å². The van der Waals surface area contributed by atoms with E-state index in [1.54, 1.807) is 0 Å². The molecule has 0 aliphatic carbocycles. The molecule has 1 N–H and O–H groups in total. The van der Waals surface area contributed by atoms with Crippen molar-refractivity contribution in [1.82, 2.24) is 10.2 Å². The molecule has 2 nitrogen and oxygen atoms in total. The summed E-state index contributed by atoms with van der Waals surface area (Å²) in [6.07, 6.45) is 0. The minimum atomic E-state index is 0.559. The van der Waals surface area contributed by atoms with Crippen molar-refractivity contribution in [2.24, 2.45) is 0 Å². The Hall–Kier alpha value is -0.380. The Morgan fingerprint density at radius 2 is 2.12 bits per heavy atom. The third kappa shape index (κ3) is 4.24. The molecule has 0 aromatic carbocycles. The number of aryl methyl sites for hydroxylation is 1. The molecule has 1 heterocycles. The van der Waals surface area contributed by atoms with E-state index < -0.39 is 0 Å². The highest BCUT2D eigenvalue weighted by molar-refractivity contribution is 7.12. The van der Waals surface area contributed by atoms with Crippen LogP contribution >= 0.6 is 11.3 Å². The predicted octanol–water partition coefficient (Wildman–Crippen LogP) is 3.01. The van der Waals surface area contributed by atoms with E-state index in [-0.39, 0.29) is 0 Å². The molecule has 0 bridgehead atoms. The van der Waals surface area contributed by atoms with E-state index in [2.05, 4.69) is 51.0 Å². The zero-order valence-electron chi connectivity index (χ0n) is 11.1. The highest BCUT2D eigenvalue weighted by Gasteiger charge is 2.07. The molecule has 0 radical (unpaired) electrons. The number of nitrogens with one attached hydrogen (secondary N) is 1. The summed E-state index contributed by atoms with van der Waals surface area (Å²) in [5.41, 5.74) is 1.48. The summed E-state index contributed by atoms with van der Waals surface area (Å²) in [4.78, 5) is 5.25. The molecule has 3 heteroatoms. The van der Waals surface area contributed by atoms with Crippen LogP contribution in [0.2, 0.25) is 0 Å². The zero-order valence-corrected chi connectivity index (χ0v) is 11.9. The number of thiophene rings is 1. The fourth-order valence-corrected chi connectivity index (χ4v) is 2.54. The molecule has 0 fully saturated rings. The first-order chi connectivity index (χ1) is 7.52. The third-order valence-electron chi connectivity index (χ3n) is 2.74. The van der Waals surface area contributed by atoms with Crippen LogP contribution in [-0.2, 0) is 13.1 Å². The molecule has 16 heavy (non-hydrogen) atoms. The van der Waals surface area contributed by atoms with Crippen LogP contribution in [0.1, 0.15) is 36.1 Å². The van der Waals surface area contributed by atoms with Crippen LogP contribution in [0, 0.1) is 6.92 Å². The molecule has 1 rings (SSSR count). The molecule has 0 saturated heterocycles. The van der Waals surface area contributed by atoms with Crippen LogP contribution in [0.3, 0.4) is 0 Å². The summed E-state index contributed by atoms with van der Waals surface area (Å²) in [6, 6.07) is 2.91. The number of hydrogen-bond acceptors (Lipinski definition) is 3. The molecular formula is C13H24N2S. The molecule has 0 amide bonds. The SMILES string of the molecule is CCN(C)Cc1cc(CNC(C)C)sc1C. The maximum absolute atomic E-state index is 3.47. The minimum Gasteiger partial charge on any atom is -0.310 e. The van der Waals surface area contributed by atoms with Gasteiger partial charge in [0.05, 0.1) is 0 Å². The van der Waals surface area contributed by atoms with Crippen molar-refractivity contribution in [3.63, 3.8) is 0 Å². The van der Waals surface area contributed by atoms with E-state index in [0.717, 1.165) is 19.6 Å². The third-order valence-corrected chi connectivity index (χ3v) is 3.83. The van der Waals surface area contributed by atoms with Crippen LogP contribution in [0.15, 0.2) is 6.07 Å². The highest BCUT2D eigenvalue weighted by Crippen LogP contribution is 2.22. The first-order valence-electron chi connectivity index (χ1n) is 6.03. The lowest BCUT2D eigenvalue weighted by Gasteiger charge is -2.12. The summed E-state index contributed by atoms with van der Waals surface area (Å²) < 4.78 is 0. The second-order valence-electron chi connectivity index (χ2n) is 4.66. The zero-order chi connectivity index (χ0) is 12.1. The van der Waals surface area contributed by atoms with Gasteiger partial charge in [-0.05, 0) is 32.1 Å². The van der Waals surface area contributed by atoms with Gasteiger partial charge in [-0.3, -0.25) is 0 Å². The normalized spacial score (nSPS) is 11.7. The number of nitrogens with zero attached hydrogens (tertiary/aromatic N) is 1. The van der Waals surface area contributed by atoms with E-state index in [4.69, 9.17) is 0 Å². The lowest BCUT2D eigenvalue weighted by Crippen LogP contribution is -2.21. The van der Waals surface area contributed by atoms with Gasteiger partial charge in [-0.2, -0.15) is 0 Å². The van der Waals surface area contributed by atoms with Crippen molar-refractivity contribution in [2.45, 2.75) is 46.8 Å².